The zero-order valence-corrected chi connectivity index (χ0v) is 12.3. The minimum Gasteiger partial charge on any atom is -0.493 e. The van der Waals surface area contributed by atoms with E-state index in [4.69, 9.17) is 9.47 Å². The average molecular weight is 267 g/mol. The number of nitrogens with one attached hydrogen (secondary N) is 1. The van der Waals surface area contributed by atoms with Crippen LogP contribution in [0.1, 0.15) is 32.3 Å². The van der Waals surface area contributed by atoms with Gasteiger partial charge in [-0.05, 0) is 44.0 Å². The summed E-state index contributed by atoms with van der Waals surface area (Å²) < 4.78 is 10.6. The van der Waals surface area contributed by atoms with Crippen LogP contribution in [-0.4, -0.2) is 32.5 Å². The molecule has 0 fully saturated rings. The molecule has 19 heavy (non-hydrogen) atoms. The molecular formula is C15H25NO3. The lowest BCUT2D eigenvalue weighted by molar-refractivity contribution is 0.220. The highest BCUT2D eigenvalue weighted by atomic mass is 16.5. The second-order valence-electron chi connectivity index (χ2n) is 4.80. The topological polar surface area (TPSA) is 50.7 Å². The van der Waals surface area contributed by atoms with Gasteiger partial charge in [-0.25, -0.2) is 0 Å². The molecule has 2 N–H and O–H groups in total. The number of hydrogen-bond donors (Lipinski definition) is 2. The Morgan fingerprint density at radius 1 is 1.21 bits per heavy atom. The molecule has 0 spiro atoms. The lowest BCUT2D eigenvalue weighted by atomic mass is 9.88. The summed E-state index contributed by atoms with van der Waals surface area (Å²) in [6.07, 6.45) is 1.71. The summed E-state index contributed by atoms with van der Waals surface area (Å²) in [6.45, 7) is 5.27. The van der Waals surface area contributed by atoms with Crippen molar-refractivity contribution in [2.75, 3.05) is 27.4 Å². The van der Waals surface area contributed by atoms with Gasteiger partial charge >= 0.3 is 0 Å². The number of hydrogen-bond acceptors (Lipinski definition) is 4. The average Bonchev–Trinajstić information content (AvgIpc) is 2.44. The van der Waals surface area contributed by atoms with Crippen LogP contribution in [0.2, 0.25) is 0 Å². The van der Waals surface area contributed by atoms with Crippen LogP contribution in [0.4, 0.5) is 0 Å². The van der Waals surface area contributed by atoms with E-state index in [0.717, 1.165) is 18.5 Å². The summed E-state index contributed by atoms with van der Waals surface area (Å²) >= 11 is 0. The molecule has 0 saturated carbocycles. The molecule has 0 radical (unpaired) electrons. The SMILES string of the molecule is CCCNC(C)(CCO)c1ccc(OC)c(OC)c1. The summed E-state index contributed by atoms with van der Waals surface area (Å²) in [5.74, 6) is 1.43. The molecule has 108 valence electrons. The molecule has 0 aliphatic rings. The third-order valence-electron chi connectivity index (χ3n) is 3.40. The smallest absolute Gasteiger partial charge is 0.161 e. The Morgan fingerprint density at radius 3 is 2.42 bits per heavy atom. The Morgan fingerprint density at radius 2 is 1.89 bits per heavy atom. The quantitative estimate of drug-likeness (QED) is 0.759. The number of aliphatic hydroxyl groups is 1. The molecule has 0 aliphatic carbocycles. The fourth-order valence-corrected chi connectivity index (χ4v) is 2.14. The molecule has 0 aliphatic heterocycles. The normalized spacial score (nSPS) is 13.9. The van der Waals surface area contributed by atoms with E-state index in [-0.39, 0.29) is 12.1 Å². The van der Waals surface area contributed by atoms with Crippen molar-refractivity contribution in [3.05, 3.63) is 23.8 Å². The first-order valence-corrected chi connectivity index (χ1v) is 6.69. The summed E-state index contributed by atoms with van der Waals surface area (Å²) in [5, 5.41) is 12.8. The Labute approximate surface area is 115 Å². The molecule has 0 bridgehead atoms. The van der Waals surface area contributed by atoms with Crippen LogP contribution in [0.15, 0.2) is 18.2 Å². The number of benzene rings is 1. The van der Waals surface area contributed by atoms with Crippen LogP contribution in [0.5, 0.6) is 11.5 Å². The molecule has 1 unspecified atom stereocenters. The third-order valence-corrected chi connectivity index (χ3v) is 3.40. The van der Waals surface area contributed by atoms with Crippen molar-refractivity contribution in [2.45, 2.75) is 32.2 Å². The highest BCUT2D eigenvalue weighted by molar-refractivity contribution is 5.44. The largest absolute Gasteiger partial charge is 0.493 e. The van der Waals surface area contributed by atoms with Crippen molar-refractivity contribution in [3.8, 4) is 11.5 Å². The molecule has 4 heteroatoms. The Balaban J connectivity index is 3.08. The second kappa shape index (κ2) is 7.36. The number of rotatable bonds is 8. The van der Waals surface area contributed by atoms with Crippen molar-refractivity contribution in [1.29, 1.82) is 0 Å². The molecule has 0 saturated heterocycles. The first kappa shape index (κ1) is 15.8. The van der Waals surface area contributed by atoms with E-state index in [1.165, 1.54) is 0 Å². The van der Waals surface area contributed by atoms with Gasteiger partial charge < -0.3 is 19.9 Å². The van der Waals surface area contributed by atoms with E-state index in [1.54, 1.807) is 14.2 Å². The van der Waals surface area contributed by atoms with Gasteiger partial charge in [0.1, 0.15) is 0 Å². The summed E-state index contributed by atoms with van der Waals surface area (Å²) in [7, 11) is 3.25. The maximum absolute atomic E-state index is 9.29. The summed E-state index contributed by atoms with van der Waals surface area (Å²) in [4.78, 5) is 0. The first-order valence-electron chi connectivity index (χ1n) is 6.69. The molecule has 0 amide bonds. The van der Waals surface area contributed by atoms with Crippen molar-refractivity contribution < 1.29 is 14.6 Å². The highest BCUT2D eigenvalue weighted by Gasteiger charge is 2.26. The number of methoxy groups -OCH3 is 2. The third kappa shape index (κ3) is 3.85. The van der Waals surface area contributed by atoms with Gasteiger partial charge in [-0.15, -0.1) is 0 Å². The molecule has 0 heterocycles. The highest BCUT2D eigenvalue weighted by Crippen LogP contribution is 2.33. The Bertz CT molecular complexity index is 395. The lowest BCUT2D eigenvalue weighted by Crippen LogP contribution is -2.40. The number of ether oxygens (including phenoxy) is 2. The maximum Gasteiger partial charge on any atom is 0.161 e. The molecule has 1 aromatic rings. The summed E-state index contributed by atoms with van der Waals surface area (Å²) in [6, 6.07) is 5.88. The molecular weight excluding hydrogens is 242 g/mol. The van der Waals surface area contributed by atoms with Crippen molar-refractivity contribution >= 4 is 0 Å². The summed E-state index contributed by atoms with van der Waals surface area (Å²) in [5.41, 5.74) is 0.831. The van der Waals surface area contributed by atoms with Crippen LogP contribution in [0.3, 0.4) is 0 Å². The lowest BCUT2D eigenvalue weighted by Gasteiger charge is -2.31. The monoisotopic (exact) mass is 267 g/mol. The molecule has 0 aromatic heterocycles. The van der Waals surface area contributed by atoms with Gasteiger partial charge in [-0.3, -0.25) is 0 Å². The van der Waals surface area contributed by atoms with Gasteiger partial charge in [0.05, 0.1) is 14.2 Å². The van der Waals surface area contributed by atoms with E-state index in [1.807, 2.05) is 18.2 Å². The van der Waals surface area contributed by atoms with Crippen LogP contribution < -0.4 is 14.8 Å². The molecule has 4 nitrogen and oxygen atoms in total. The predicted molar refractivity (Wildman–Crippen MR) is 76.9 cm³/mol. The van der Waals surface area contributed by atoms with Crippen LogP contribution >= 0.6 is 0 Å². The Kier molecular flexibility index (Phi) is 6.12. The van der Waals surface area contributed by atoms with Gasteiger partial charge in [-0.1, -0.05) is 13.0 Å². The zero-order chi connectivity index (χ0) is 14.3. The first-order chi connectivity index (χ1) is 9.11. The van der Waals surface area contributed by atoms with Crippen molar-refractivity contribution in [3.63, 3.8) is 0 Å². The van der Waals surface area contributed by atoms with Crippen LogP contribution in [-0.2, 0) is 5.54 Å². The fourth-order valence-electron chi connectivity index (χ4n) is 2.14. The van der Waals surface area contributed by atoms with Gasteiger partial charge in [-0.2, -0.15) is 0 Å². The van der Waals surface area contributed by atoms with Crippen LogP contribution in [0, 0.1) is 0 Å². The van der Waals surface area contributed by atoms with Crippen molar-refractivity contribution in [1.82, 2.24) is 5.32 Å². The minimum atomic E-state index is -0.260. The van der Waals surface area contributed by atoms with E-state index in [9.17, 15) is 5.11 Å². The van der Waals surface area contributed by atoms with E-state index < -0.39 is 0 Å². The predicted octanol–water partition coefficient (Wildman–Crippen LogP) is 2.30. The van der Waals surface area contributed by atoms with E-state index in [2.05, 4.69) is 19.2 Å². The standard InChI is InChI=1S/C15H25NO3/c1-5-9-16-15(2,8-10-17)12-6-7-13(18-3)14(11-12)19-4/h6-7,11,16-17H,5,8-10H2,1-4H3. The van der Waals surface area contributed by atoms with Crippen LogP contribution in [0.25, 0.3) is 0 Å². The fraction of sp³-hybridized carbons (Fsp3) is 0.600. The van der Waals surface area contributed by atoms with Gasteiger partial charge in [0.25, 0.3) is 0 Å². The van der Waals surface area contributed by atoms with Gasteiger partial charge in [0, 0.05) is 12.1 Å². The van der Waals surface area contributed by atoms with E-state index >= 15 is 0 Å². The number of aliphatic hydroxyl groups excluding tert-OH is 1. The molecule has 1 atom stereocenters. The maximum atomic E-state index is 9.29. The Hall–Kier alpha value is -1.26. The van der Waals surface area contributed by atoms with Gasteiger partial charge in [0.2, 0.25) is 0 Å². The minimum absolute atomic E-state index is 0.140. The van der Waals surface area contributed by atoms with Crippen molar-refractivity contribution in [2.24, 2.45) is 0 Å². The molecule has 1 rings (SSSR count). The second-order valence-corrected chi connectivity index (χ2v) is 4.80. The molecule has 1 aromatic carbocycles. The zero-order valence-electron chi connectivity index (χ0n) is 12.3. The van der Waals surface area contributed by atoms with E-state index in [0.29, 0.717) is 17.9 Å². The van der Waals surface area contributed by atoms with Gasteiger partial charge in [0.15, 0.2) is 11.5 Å².